The minimum absolute atomic E-state index is 0.493. The molecule has 3 heterocycles. The van der Waals surface area contributed by atoms with Crippen LogP contribution in [0, 0.1) is 6.92 Å². The summed E-state index contributed by atoms with van der Waals surface area (Å²) in [6, 6.07) is 15.3. The summed E-state index contributed by atoms with van der Waals surface area (Å²) in [6.07, 6.45) is 3.66. The molecule has 2 aromatic carbocycles. The van der Waals surface area contributed by atoms with E-state index in [1.54, 1.807) is 20.4 Å². The van der Waals surface area contributed by atoms with Gasteiger partial charge < -0.3 is 23.7 Å². The third kappa shape index (κ3) is 5.94. The number of pyridine rings is 1. The van der Waals surface area contributed by atoms with Crippen molar-refractivity contribution in [1.29, 1.82) is 0 Å². The summed E-state index contributed by atoms with van der Waals surface area (Å²) in [6.45, 7) is 3.64. The number of para-hydroxylation sites is 1. The highest BCUT2D eigenvalue weighted by molar-refractivity contribution is 8.00. The number of nitrogens with zero attached hydrogens (tertiary/aromatic N) is 3. The van der Waals surface area contributed by atoms with Gasteiger partial charge in [0.05, 0.1) is 30.6 Å². The lowest BCUT2D eigenvalue weighted by Crippen LogP contribution is -2.28. The summed E-state index contributed by atoms with van der Waals surface area (Å²) < 4.78 is 35.6. The van der Waals surface area contributed by atoms with E-state index >= 15 is 0 Å². The number of nitrogens with one attached hydrogen (secondary N) is 3. The summed E-state index contributed by atoms with van der Waals surface area (Å²) in [5, 5.41) is 6.97. The van der Waals surface area contributed by atoms with Gasteiger partial charge in [-0.1, -0.05) is 17.3 Å². The molecule has 38 heavy (non-hydrogen) atoms. The molecule has 0 saturated carbocycles. The number of methoxy groups -OCH3 is 2. The first-order chi connectivity index (χ1) is 18.5. The molecule has 0 radical (unpaired) electrons. The molecular formula is C26H28N6O4S2. The second-order valence-electron chi connectivity index (χ2n) is 8.53. The predicted molar refractivity (Wildman–Crippen MR) is 148 cm³/mol. The molecule has 0 spiro atoms. The Hall–Kier alpha value is -3.58. The zero-order valence-corrected chi connectivity index (χ0v) is 22.8. The summed E-state index contributed by atoms with van der Waals surface area (Å²) >= 11 is 1.39. The molecule has 4 aromatic rings. The van der Waals surface area contributed by atoms with Crippen LogP contribution in [0.15, 0.2) is 80.8 Å². The monoisotopic (exact) mass is 552 g/mol. The lowest BCUT2D eigenvalue weighted by molar-refractivity contribution is 0.298. The summed E-state index contributed by atoms with van der Waals surface area (Å²) in [7, 11) is 1.95. The van der Waals surface area contributed by atoms with Gasteiger partial charge in [-0.3, -0.25) is 4.98 Å². The molecule has 0 bridgehead atoms. The standard InChI is InChI=1S/C26H28N6O4S2/c1-17-8-9-20(14-27-17)38(33)29-13-19-12-28-32(16-19)15-18-10-22(35-3)25-23(11-18)36-30-26(25)31-37-24-7-5-4-6-21(24)34-2/h4-11,14,16,28-29H,12-13,15H2,1-3H3,(H,30,31). The first-order valence-corrected chi connectivity index (χ1v) is 13.8. The fourth-order valence-electron chi connectivity index (χ4n) is 3.95. The Labute approximate surface area is 227 Å². The molecule has 0 aliphatic carbocycles. The fraction of sp³-hybridized carbons (Fsp3) is 0.231. The zero-order valence-electron chi connectivity index (χ0n) is 21.2. The topological polar surface area (TPSA) is 114 Å². The van der Waals surface area contributed by atoms with Gasteiger partial charge in [-0.15, -0.1) is 0 Å². The van der Waals surface area contributed by atoms with Crippen LogP contribution in [-0.4, -0.2) is 46.7 Å². The van der Waals surface area contributed by atoms with Crippen molar-refractivity contribution in [3.63, 3.8) is 0 Å². The lowest BCUT2D eigenvalue weighted by atomic mass is 10.1. The van der Waals surface area contributed by atoms with Crippen LogP contribution in [0.5, 0.6) is 11.5 Å². The van der Waals surface area contributed by atoms with Crippen molar-refractivity contribution in [2.24, 2.45) is 0 Å². The number of aryl methyl sites for hydroxylation is 1. The van der Waals surface area contributed by atoms with Gasteiger partial charge in [0.25, 0.3) is 0 Å². The number of fused-ring (bicyclic) bond motifs is 1. The van der Waals surface area contributed by atoms with Gasteiger partial charge in [-0.05, 0) is 66.4 Å². The van der Waals surface area contributed by atoms with Gasteiger partial charge in [0, 0.05) is 31.2 Å². The number of benzene rings is 2. The molecule has 198 valence electrons. The van der Waals surface area contributed by atoms with Crippen molar-refractivity contribution in [2.45, 2.75) is 23.3 Å². The summed E-state index contributed by atoms with van der Waals surface area (Å²) in [4.78, 5) is 5.79. The number of ether oxygens (including phenoxy) is 2. The molecule has 0 saturated heterocycles. The SMILES string of the molecule is COc1ccccc1SNc1noc2cc(CN3C=C(CNS(=O)c4ccc(C)nc4)CN3)cc(OC)c12. The highest BCUT2D eigenvalue weighted by Crippen LogP contribution is 2.37. The average molecular weight is 553 g/mol. The van der Waals surface area contributed by atoms with Crippen molar-refractivity contribution < 1.29 is 18.2 Å². The number of rotatable bonds is 11. The van der Waals surface area contributed by atoms with E-state index in [1.165, 1.54) is 11.9 Å². The summed E-state index contributed by atoms with van der Waals surface area (Å²) in [5.41, 5.74) is 6.93. The minimum Gasteiger partial charge on any atom is -0.496 e. The van der Waals surface area contributed by atoms with Crippen LogP contribution in [0.2, 0.25) is 0 Å². The first kappa shape index (κ1) is 26.0. The van der Waals surface area contributed by atoms with Gasteiger partial charge in [-0.2, -0.15) is 0 Å². The maximum atomic E-state index is 12.5. The third-order valence-electron chi connectivity index (χ3n) is 5.87. The molecule has 1 unspecified atom stereocenters. The van der Waals surface area contributed by atoms with Crippen molar-refractivity contribution in [2.75, 3.05) is 32.0 Å². The first-order valence-electron chi connectivity index (χ1n) is 11.8. The molecule has 1 aliphatic rings. The Morgan fingerprint density at radius 2 is 2.00 bits per heavy atom. The molecule has 5 rings (SSSR count). The van der Waals surface area contributed by atoms with E-state index in [0.717, 1.165) is 32.9 Å². The Morgan fingerprint density at radius 1 is 1.16 bits per heavy atom. The van der Waals surface area contributed by atoms with Crippen LogP contribution in [0.4, 0.5) is 5.82 Å². The molecule has 0 amide bonds. The van der Waals surface area contributed by atoms with Crippen molar-refractivity contribution >= 4 is 39.7 Å². The van der Waals surface area contributed by atoms with Crippen LogP contribution in [0.25, 0.3) is 11.0 Å². The van der Waals surface area contributed by atoms with Crippen molar-refractivity contribution in [3.05, 3.63) is 77.8 Å². The lowest BCUT2D eigenvalue weighted by Gasteiger charge is -2.16. The van der Waals surface area contributed by atoms with Crippen LogP contribution in [0.1, 0.15) is 11.3 Å². The maximum Gasteiger partial charge on any atom is 0.191 e. The largest absolute Gasteiger partial charge is 0.496 e. The number of hydrazine groups is 1. The smallest absolute Gasteiger partial charge is 0.191 e. The molecule has 12 heteroatoms. The minimum atomic E-state index is -1.32. The Morgan fingerprint density at radius 3 is 2.79 bits per heavy atom. The predicted octanol–water partition coefficient (Wildman–Crippen LogP) is 4.18. The molecule has 0 fully saturated rings. The molecule has 2 aromatic heterocycles. The maximum absolute atomic E-state index is 12.5. The number of hydrogen-bond acceptors (Lipinski definition) is 10. The quantitative estimate of drug-likeness (QED) is 0.234. The van der Waals surface area contributed by atoms with Gasteiger partial charge in [-0.25, -0.2) is 14.4 Å². The Kier molecular flexibility index (Phi) is 8.13. The van der Waals surface area contributed by atoms with Crippen LogP contribution < -0.4 is 24.3 Å². The molecular weight excluding hydrogens is 524 g/mol. The Balaban J connectivity index is 1.24. The molecule has 1 aliphatic heterocycles. The zero-order chi connectivity index (χ0) is 26.5. The van der Waals surface area contributed by atoms with Crippen LogP contribution >= 0.6 is 11.9 Å². The van der Waals surface area contributed by atoms with E-state index in [9.17, 15) is 4.21 Å². The number of hydrogen-bond donors (Lipinski definition) is 3. The molecule has 10 nitrogen and oxygen atoms in total. The van der Waals surface area contributed by atoms with E-state index < -0.39 is 11.0 Å². The van der Waals surface area contributed by atoms with E-state index in [-0.39, 0.29) is 0 Å². The number of anilines is 1. The van der Waals surface area contributed by atoms with Gasteiger partial charge in [0.1, 0.15) is 27.9 Å². The van der Waals surface area contributed by atoms with Crippen LogP contribution in [-0.2, 0) is 17.5 Å². The second kappa shape index (κ2) is 11.9. The normalized spacial score (nSPS) is 14.0. The Bertz CT molecular complexity index is 1470. The van der Waals surface area contributed by atoms with E-state index in [0.29, 0.717) is 41.7 Å². The fourth-order valence-corrected chi connectivity index (χ4v) is 5.51. The second-order valence-corrected chi connectivity index (χ2v) is 10.7. The van der Waals surface area contributed by atoms with Crippen molar-refractivity contribution in [3.8, 4) is 11.5 Å². The van der Waals surface area contributed by atoms with Gasteiger partial charge >= 0.3 is 0 Å². The summed E-state index contributed by atoms with van der Waals surface area (Å²) in [5.74, 6) is 2.00. The highest BCUT2D eigenvalue weighted by Gasteiger charge is 2.19. The average Bonchev–Trinajstić information content (AvgIpc) is 3.57. The number of aromatic nitrogens is 2. The van der Waals surface area contributed by atoms with E-state index in [1.807, 2.05) is 66.7 Å². The third-order valence-corrected chi connectivity index (χ3v) is 7.80. The molecule has 1 atom stereocenters. The van der Waals surface area contributed by atoms with Crippen LogP contribution in [0.3, 0.4) is 0 Å². The van der Waals surface area contributed by atoms with Crippen molar-refractivity contribution in [1.82, 2.24) is 25.3 Å². The van der Waals surface area contributed by atoms with E-state index in [4.69, 9.17) is 14.0 Å². The van der Waals surface area contributed by atoms with Gasteiger partial charge in [0.15, 0.2) is 11.4 Å². The van der Waals surface area contributed by atoms with Gasteiger partial charge in [0.2, 0.25) is 0 Å². The van der Waals surface area contributed by atoms with E-state index in [2.05, 4.69) is 25.0 Å². The molecule has 3 N–H and O–H groups in total. The highest BCUT2D eigenvalue weighted by atomic mass is 32.2.